The number of hydrogen-bond donors (Lipinski definition) is 0. The molecule has 0 amide bonds. The van der Waals surface area contributed by atoms with Crippen molar-refractivity contribution in [2.75, 3.05) is 0 Å². The zero-order valence-electron chi connectivity index (χ0n) is 14.6. The first kappa shape index (κ1) is 17.6. The van der Waals surface area contributed by atoms with Gasteiger partial charge < -0.3 is 0 Å². The van der Waals surface area contributed by atoms with E-state index in [1.165, 1.54) is 12.0 Å². The Morgan fingerprint density at radius 3 is 2.84 bits per heavy atom. The zero-order chi connectivity index (χ0) is 17.8. The molecule has 4 heteroatoms. The maximum Gasteiger partial charge on any atom is 0.114 e. The highest BCUT2D eigenvalue weighted by Crippen LogP contribution is 2.39. The highest BCUT2D eigenvalue weighted by molar-refractivity contribution is 6.31. The average Bonchev–Trinajstić information content (AvgIpc) is 2.61. The quantitative estimate of drug-likeness (QED) is 0.543. The van der Waals surface area contributed by atoms with Gasteiger partial charge in [0.1, 0.15) is 11.4 Å². The number of allylic oxidation sites excluding steroid dienone is 2. The normalized spacial score (nSPS) is 16.1. The molecule has 1 aromatic heterocycles. The SMILES string of the molecule is C=Cc1nc2cc(Cl)ccc2c(N=C2C=C(CCC)CCC2)c1N=C. The monoisotopic (exact) mass is 351 g/mol. The number of rotatable bonds is 5. The molecule has 3 nitrogen and oxygen atoms in total. The third kappa shape index (κ3) is 3.72. The summed E-state index contributed by atoms with van der Waals surface area (Å²) in [6, 6.07) is 5.65. The van der Waals surface area contributed by atoms with Crippen LogP contribution in [-0.2, 0) is 0 Å². The van der Waals surface area contributed by atoms with Gasteiger partial charge in [0.05, 0.1) is 11.2 Å². The number of halogens is 1. The minimum absolute atomic E-state index is 0.649. The van der Waals surface area contributed by atoms with Crippen LogP contribution in [-0.4, -0.2) is 17.4 Å². The fourth-order valence-corrected chi connectivity index (χ4v) is 3.43. The molecule has 25 heavy (non-hydrogen) atoms. The molecular weight excluding hydrogens is 330 g/mol. The summed E-state index contributed by atoms with van der Waals surface area (Å²) >= 11 is 6.14. The maximum atomic E-state index is 6.14. The van der Waals surface area contributed by atoms with Crippen molar-refractivity contribution in [1.29, 1.82) is 0 Å². The third-order valence-electron chi connectivity index (χ3n) is 4.40. The van der Waals surface area contributed by atoms with Gasteiger partial charge >= 0.3 is 0 Å². The Balaban J connectivity index is 2.23. The van der Waals surface area contributed by atoms with Crippen LogP contribution in [0.2, 0.25) is 5.02 Å². The van der Waals surface area contributed by atoms with Gasteiger partial charge in [-0.2, -0.15) is 0 Å². The summed E-state index contributed by atoms with van der Waals surface area (Å²) in [5, 5.41) is 1.58. The Kier molecular flexibility index (Phi) is 5.44. The first-order valence-electron chi connectivity index (χ1n) is 8.65. The van der Waals surface area contributed by atoms with Gasteiger partial charge in [0, 0.05) is 16.1 Å². The molecule has 3 rings (SSSR count). The molecule has 0 saturated heterocycles. The van der Waals surface area contributed by atoms with Crippen molar-refractivity contribution in [3.05, 3.63) is 47.1 Å². The average molecular weight is 352 g/mol. The van der Waals surface area contributed by atoms with E-state index in [2.05, 4.69) is 36.3 Å². The molecular formula is C21H22ClN3. The van der Waals surface area contributed by atoms with E-state index in [0.717, 1.165) is 48.0 Å². The summed E-state index contributed by atoms with van der Waals surface area (Å²) in [5.74, 6) is 0. The predicted octanol–water partition coefficient (Wildman–Crippen LogP) is 6.85. The van der Waals surface area contributed by atoms with Crippen LogP contribution in [0.1, 0.15) is 44.7 Å². The van der Waals surface area contributed by atoms with Gasteiger partial charge in [-0.3, -0.25) is 9.98 Å². The molecule has 0 aliphatic heterocycles. The Bertz CT molecular complexity index is 894. The number of hydrogen-bond acceptors (Lipinski definition) is 3. The molecule has 0 bridgehead atoms. The van der Waals surface area contributed by atoms with Crippen molar-refractivity contribution in [3.8, 4) is 0 Å². The van der Waals surface area contributed by atoms with Crippen molar-refractivity contribution in [1.82, 2.24) is 4.98 Å². The predicted molar refractivity (Wildman–Crippen MR) is 110 cm³/mol. The molecule has 0 radical (unpaired) electrons. The summed E-state index contributed by atoms with van der Waals surface area (Å²) in [6.07, 6.45) is 9.52. The van der Waals surface area contributed by atoms with Crippen LogP contribution >= 0.6 is 11.6 Å². The van der Waals surface area contributed by atoms with Crippen LogP contribution in [0.3, 0.4) is 0 Å². The Morgan fingerprint density at radius 1 is 1.28 bits per heavy atom. The van der Waals surface area contributed by atoms with E-state index in [4.69, 9.17) is 16.6 Å². The summed E-state index contributed by atoms with van der Waals surface area (Å²) < 4.78 is 0. The van der Waals surface area contributed by atoms with E-state index in [1.54, 1.807) is 6.08 Å². The van der Waals surface area contributed by atoms with E-state index >= 15 is 0 Å². The van der Waals surface area contributed by atoms with Gasteiger partial charge in [-0.25, -0.2) is 4.98 Å². The lowest BCUT2D eigenvalue weighted by molar-refractivity contribution is 0.766. The highest BCUT2D eigenvalue weighted by Gasteiger charge is 2.15. The number of fused-ring (bicyclic) bond motifs is 1. The van der Waals surface area contributed by atoms with Gasteiger partial charge in [-0.1, -0.05) is 37.1 Å². The van der Waals surface area contributed by atoms with E-state index in [-0.39, 0.29) is 0 Å². The van der Waals surface area contributed by atoms with Crippen LogP contribution < -0.4 is 0 Å². The first-order chi connectivity index (χ1) is 12.2. The van der Waals surface area contributed by atoms with Crippen LogP contribution in [0.15, 0.2) is 46.4 Å². The molecule has 0 saturated carbocycles. The van der Waals surface area contributed by atoms with E-state index in [1.807, 2.05) is 18.2 Å². The molecule has 0 spiro atoms. The van der Waals surface area contributed by atoms with Gasteiger partial charge in [0.2, 0.25) is 0 Å². The smallest absolute Gasteiger partial charge is 0.114 e. The second-order valence-electron chi connectivity index (χ2n) is 6.23. The fourth-order valence-electron chi connectivity index (χ4n) is 3.27. The van der Waals surface area contributed by atoms with Crippen molar-refractivity contribution < 1.29 is 0 Å². The molecule has 0 fully saturated rings. The topological polar surface area (TPSA) is 37.6 Å². The van der Waals surface area contributed by atoms with Gasteiger partial charge in [-0.05, 0) is 62.8 Å². The van der Waals surface area contributed by atoms with Gasteiger partial charge in [0.15, 0.2) is 0 Å². The molecule has 0 atom stereocenters. The summed E-state index contributed by atoms with van der Waals surface area (Å²) in [4.78, 5) is 13.8. The zero-order valence-corrected chi connectivity index (χ0v) is 15.3. The molecule has 2 aromatic rings. The Hall–Kier alpha value is -2.26. The minimum Gasteiger partial charge on any atom is -0.260 e. The van der Waals surface area contributed by atoms with Crippen molar-refractivity contribution in [3.63, 3.8) is 0 Å². The van der Waals surface area contributed by atoms with Gasteiger partial charge in [0.25, 0.3) is 0 Å². The number of aromatic nitrogens is 1. The minimum atomic E-state index is 0.649. The Morgan fingerprint density at radius 2 is 2.12 bits per heavy atom. The molecule has 1 aliphatic rings. The second-order valence-corrected chi connectivity index (χ2v) is 6.66. The van der Waals surface area contributed by atoms with E-state index in [9.17, 15) is 0 Å². The fraction of sp³-hybridized carbons (Fsp3) is 0.286. The van der Waals surface area contributed by atoms with E-state index in [0.29, 0.717) is 16.4 Å². The summed E-state index contributed by atoms with van der Waals surface area (Å²) in [5.41, 5.74) is 5.52. The van der Waals surface area contributed by atoms with Gasteiger partial charge in [-0.15, -0.1) is 0 Å². The Labute approximate surface area is 153 Å². The summed E-state index contributed by atoms with van der Waals surface area (Å²) in [7, 11) is 0. The first-order valence-corrected chi connectivity index (χ1v) is 9.03. The molecule has 1 aliphatic carbocycles. The molecule has 1 aromatic carbocycles. The largest absolute Gasteiger partial charge is 0.260 e. The highest BCUT2D eigenvalue weighted by atomic mass is 35.5. The van der Waals surface area contributed by atoms with Crippen LogP contribution in [0, 0.1) is 0 Å². The van der Waals surface area contributed by atoms with Crippen molar-refractivity contribution in [2.24, 2.45) is 9.98 Å². The lowest BCUT2D eigenvalue weighted by Crippen LogP contribution is -2.03. The third-order valence-corrected chi connectivity index (χ3v) is 4.64. The summed E-state index contributed by atoms with van der Waals surface area (Å²) in [6.45, 7) is 9.77. The number of aliphatic imine (C=N–C) groups is 2. The number of benzene rings is 1. The van der Waals surface area contributed by atoms with Crippen LogP contribution in [0.4, 0.5) is 11.4 Å². The lowest BCUT2D eigenvalue weighted by Gasteiger charge is -2.15. The maximum absolute atomic E-state index is 6.14. The molecule has 1 heterocycles. The number of pyridine rings is 1. The van der Waals surface area contributed by atoms with Crippen LogP contribution in [0.25, 0.3) is 17.0 Å². The second kappa shape index (κ2) is 7.75. The van der Waals surface area contributed by atoms with Crippen molar-refractivity contribution >= 4 is 52.4 Å². The molecule has 128 valence electrons. The van der Waals surface area contributed by atoms with E-state index < -0.39 is 0 Å². The molecule has 0 unspecified atom stereocenters. The van der Waals surface area contributed by atoms with Crippen LogP contribution in [0.5, 0.6) is 0 Å². The molecule has 0 N–H and O–H groups in total. The lowest BCUT2D eigenvalue weighted by atomic mass is 9.95. The number of nitrogens with zero attached hydrogens (tertiary/aromatic N) is 3. The standard InChI is InChI=1S/C21H22ClN3/c1-4-7-14-8-6-9-16(12-14)24-20-17-11-10-15(22)13-19(17)25-18(5-2)21(20)23-3/h5,10-13H,2-4,6-9H2,1H3. The van der Waals surface area contributed by atoms with Crippen molar-refractivity contribution in [2.45, 2.75) is 39.0 Å².